The van der Waals surface area contributed by atoms with E-state index in [0.29, 0.717) is 0 Å². The normalized spacial score (nSPS) is 11.6. The van der Waals surface area contributed by atoms with Crippen LogP contribution in [-0.4, -0.2) is 0 Å². The van der Waals surface area contributed by atoms with Crippen molar-refractivity contribution < 1.29 is 0 Å². The Kier molecular flexibility index (Phi) is 11.0. The maximum Gasteiger partial charge on any atom is -0.00199 e. The predicted octanol–water partition coefficient (Wildman–Crippen LogP) is 22.1. The number of rotatable bonds is 5. The molecule has 0 saturated carbocycles. The molecule has 0 radical (unpaired) electrons. The molecule has 0 N–H and O–H groups in total. The topological polar surface area (TPSA) is 0 Å². The third kappa shape index (κ3) is 7.61. The Balaban J connectivity index is 0.000000140. The molecule has 0 amide bonds. The summed E-state index contributed by atoms with van der Waals surface area (Å²) in [4.78, 5) is 0. The van der Waals surface area contributed by atoms with Gasteiger partial charge in [-0.1, -0.05) is 285 Å². The van der Waals surface area contributed by atoms with E-state index in [1.807, 2.05) is 0 Å². The zero-order valence-electron chi connectivity index (χ0n) is 42.9. The first-order valence-corrected chi connectivity index (χ1v) is 27.1. The Bertz CT molecular complexity index is 4890. The maximum atomic E-state index is 2.39. The van der Waals surface area contributed by atoms with Crippen molar-refractivity contribution >= 4 is 97.0 Å². The molecule has 0 aromatic heterocycles. The molecule has 0 spiro atoms. The van der Waals surface area contributed by atoms with Gasteiger partial charge in [0.05, 0.1) is 0 Å². The second kappa shape index (κ2) is 18.9. The van der Waals surface area contributed by atoms with Gasteiger partial charge in [-0.25, -0.2) is 0 Å². The third-order valence-corrected chi connectivity index (χ3v) is 16.3. The average molecular weight is 987 g/mol. The fourth-order valence-corrected chi connectivity index (χ4v) is 12.7. The Hall–Kier alpha value is -10.1. The molecule has 0 heteroatoms. The lowest BCUT2D eigenvalue weighted by molar-refractivity contribution is 1.63. The first-order valence-electron chi connectivity index (χ1n) is 27.1. The van der Waals surface area contributed by atoms with Gasteiger partial charge in [-0.05, 0) is 171 Å². The highest BCUT2D eigenvalue weighted by Gasteiger charge is 2.20. The SMILES string of the molecule is c1ccc(-c2c3ccccc3c(-c3ccc4c(ccc5ccccc54)c3)c3ccccc23)cc1.c1ccc2cc(-c3ccc(-c4c5ccccc5c(-c5cc6ccccc6c6ccccc56)c5ccccc45)cc3)ccc2c1. The van der Waals surface area contributed by atoms with Crippen molar-refractivity contribution in [1.29, 1.82) is 0 Å². The molecule has 16 rings (SSSR count). The van der Waals surface area contributed by atoms with Crippen molar-refractivity contribution in [2.24, 2.45) is 0 Å². The molecular formula is C78H50. The first-order chi connectivity index (χ1) is 38.7. The van der Waals surface area contributed by atoms with E-state index in [4.69, 9.17) is 0 Å². The van der Waals surface area contributed by atoms with E-state index in [9.17, 15) is 0 Å². The van der Waals surface area contributed by atoms with Crippen LogP contribution in [0.3, 0.4) is 0 Å². The van der Waals surface area contributed by atoms with Crippen LogP contribution in [0.4, 0.5) is 0 Å². The van der Waals surface area contributed by atoms with E-state index in [-0.39, 0.29) is 0 Å². The molecule has 0 aliphatic rings. The van der Waals surface area contributed by atoms with Crippen molar-refractivity contribution in [2.45, 2.75) is 0 Å². The van der Waals surface area contributed by atoms with Gasteiger partial charge < -0.3 is 0 Å². The van der Waals surface area contributed by atoms with E-state index < -0.39 is 0 Å². The summed E-state index contributed by atoms with van der Waals surface area (Å²) in [5.41, 5.74) is 12.7. The van der Waals surface area contributed by atoms with Crippen LogP contribution in [0.25, 0.3) is 153 Å². The highest BCUT2D eigenvalue weighted by atomic mass is 14.2. The lowest BCUT2D eigenvalue weighted by Gasteiger charge is -2.19. The van der Waals surface area contributed by atoms with Crippen LogP contribution in [0.2, 0.25) is 0 Å². The van der Waals surface area contributed by atoms with Crippen LogP contribution in [0.5, 0.6) is 0 Å². The smallest absolute Gasteiger partial charge is 0.00199 e. The van der Waals surface area contributed by atoms with Crippen molar-refractivity contribution in [3.05, 3.63) is 303 Å². The monoisotopic (exact) mass is 986 g/mol. The summed E-state index contributed by atoms with van der Waals surface area (Å²) in [6.07, 6.45) is 0. The maximum absolute atomic E-state index is 2.39. The van der Waals surface area contributed by atoms with Gasteiger partial charge in [-0.2, -0.15) is 0 Å². The van der Waals surface area contributed by atoms with Crippen LogP contribution in [0.15, 0.2) is 303 Å². The van der Waals surface area contributed by atoms with E-state index >= 15 is 0 Å². The minimum atomic E-state index is 1.23. The summed E-state index contributed by atoms with van der Waals surface area (Å²) in [5.74, 6) is 0. The van der Waals surface area contributed by atoms with Crippen LogP contribution in [0, 0.1) is 0 Å². The van der Waals surface area contributed by atoms with E-state index in [2.05, 4.69) is 303 Å². The molecule has 0 unspecified atom stereocenters. The molecule has 0 saturated heterocycles. The number of hydrogen-bond donors (Lipinski definition) is 0. The predicted molar refractivity (Wildman–Crippen MR) is 338 cm³/mol. The minimum absolute atomic E-state index is 1.23. The van der Waals surface area contributed by atoms with Crippen LogP contribution >= 0.6 is 0 Å². The van der Waals surface area contributed by atoms with E-state index in [0.717, 1.165) is 0 Å². The van der Waals surface area contributed by atoms with Crippen LogP contribution in [0.1, 0.15) is 0 Å². The third-order valence-electron chi connectivity index (χ3n) is 16.3. The quantitative estimate of drug-likeness (QED) is 0.119. The van der Waals surface area contributed by atoms with Gasteiger partial charge in [0.2, 0.25) is 0 Å². The van der Waals surface area contributed by atoms with Crippen LogP contribution < -0.4 is 0 Å². The molecular weight excluding hydrogens is 937 g/mol. The summed E-state index contributed by atoms with van der Waals surface area (Å²) in [6, 6.07) is 111. The second-order valence-corrected chi connectivity index (χ2v) is 20.6. The molecule has 78 heavy (non-hydrogen) atoms. The van der Waals surface area contributed by atoms with Crippen molar-refractivity contribution in [3.8, 4) is 55.6 Å². The molecule has 0 heterocycles. The highest BCUT2D eigenvalue weighted by Crippen LogP contribution is 2.48. The standard InChI is InChI=1S/C44H28.C34H22/c1-2-12-32-27-33(26-23-29(32)11-1)30-21-24-31(25-22-30)43-38-17-7-9-19-40(38)44(41-20-10-8-18-39(41)43)42-28-34-13-3-4-14-35(34)36-15-5-6-16-37(36)42;1-2-11-24(12-3-1)33-29-14-6-8-16-31(29)34(32-17-9-7-15-30(32)33)26-20-21-28-25(22-26)19-18-23-10-4-5-13-27(23)28/h1-28H;1-22H. The second-order valence-electron chi connectivity index (χ2n) is 20.6. The summed E-state index contributed by atoms with van der Waals surface area (Å²) in [6.45, 7) is 0. The fraction of sp³-hybridized carbons (Fsp3) is 0. The van der Waals surface area contributed by atoms with Gasteiger partial charge >= 0.3 is 0 Å². The molecule has 0 aliphatic carbocycles. The molecule has 0 aliphatic heterocycles. The van der Waals surface area contributed by atoms with Crippen molar-refractivity contribution in [2.75, 3.05) is 0 Å². The minimum Gasteiger partial charge on any atom is -0.0622 e. The lowest BCUT2D eigenvalue weighted by Crippen LogP contribution is -1.92. The first kappa shape index (κ1) is 45.3. The average Bonchev–Trinajstić information content (AvgIpc) is 3.65. The Morgan fingerprint density at radius 1 is 0.128 bits per heavy atom. The molecule has 0 bridgehead atoms. The number of fused-ring (bicyclic) bond motifs is 11. The summed E-state index contributed by atoms with van der Waals surface area (Å²) in [7, 11) is 0. The zero-order chi connectivity index (χ0) is 51.5. The highest BCUT2D eigenvalue weighted by molar-refractivity contribution is 6.26. The largest absolute Gasteiger partial charge is 0.0622 e. The summed E-state index contributed by atoms with van der Waals surface area (Å²) >= 11 is 0. The number of benzene rings is 16. The molecule has 16 aromatic rings. The van der Waals surface area contributed by atoms with Gasteiger partial charge in [0.1, 0.15) is 0 Å². The Morgan fingerprint density at radius 2 is 0.449 bits per heavy atom. The van der Waals surface area contributed by atoms with Crippen LogP contribution in [-0.2, 0) is 0 Å². The van der Waals surface area contributed by atoms with Crippen molar-refractivity contribution in [1.82, 2.24) is 0 Å². The summed E-state index contributed by atoms with van der Waals surface area (Å²) in [5, 5.41) is 23.1. The Morgan fingerprint density at radius 3 is 1.03 bits per heavy atom. The summed E-state index contributed by atoms with van der Waals surface area (Å²) < 4.78 is 0. The van der Waals surface area contributed by atoms with E-state index in [1.165, 1.54) is 153 Å². The van der Waals surface area contributed by atoms with Gasteiger partial charge in [-0.15, -0.1) is 0 Å². The number of hydrogen-bond acceptors (Lipinski definition) is 0. The molecule has 16 aromatic carbocycles. The zero-order valence-corrected chi connectivity index (χ0v) is 42.9. The van der Waals surface area contributed by atoms with Gasteiger partial charge in [0.25, 0.3) is 0 Å². The van der Waals surface area contributed by atoms with E-state index in [1.54, 1.807) is 0 Å². The molecule has 0 fully saturated rings. The lowest BCUT2D eigenvalue weighted by atomic mass is 9.83. The van der Waals surface area contributed by atoms with Crippen molar-refractivity contribution in [3.63, 3.8) is 0 Å². The molecule has 362 valence electrons. The van der Waals surface area contributed by atoms with Gasteiger partial charge in [-0.3, -0.25) is 0 Å². The molecule has 0 atom stereocenters. The molecule has 0 nitrogen and oxygen atoms in total. The van der Waals surface area contributed by atoms with Gasteiger partial charge in [0.15, 0.2) is 0 Å². The Labute approximate surface area is 453 Å². The fourth-order valence-electron chi connectivity index (χ4n) is 12.7. The van der Waals surface area contributed by atoms with Gasteiger partial charge in [0, 0.05) is 0 Å².